The number of aromatic nitrogens is 1. The monoisotopic (exact) mass is 267 g/mol. The number of hydrogen-bond acceptors (Lipinski definition) is 3. The minimum Gasteiger partial charge on any atom is -0.496 e. The summed E-state index contributed by atoms with van der Waals surface area (Å²) in [5, 5.41) is 3.89. The van der Waals surface area contributed by atoms with Crippen LogP contribution in [0.1, 0.15) is 17.5 Å². The molecule has 1 aromatic carbocycles. The molecule has 0 saturated carbocycles. The van der Waals surface area contributed by atoms with Crippen molar-refractivity contribution >= 4 is 22.9 Å². The smallest absolute Gasteiger partial charge is 0.131 e. The molecular formula is C13H14ClNOS. The molecule has 0 radical (unpaired) electrons. The number of hydrogen-bond donors (Lipinski definition) is 0. The van der Waals surface area contributed by atoms with Crippen molar-refractivity contribution < 1.29 is 4.74 Å². The summed E-state index contributed by atoms with van der Waals surface area (Å²) in [4.78, 5) is 4.57. The lowest BCUT2D eigenvalue weighted by atomic mass is 10.1. The average molecular weight is 268 g/mol. The Hall–Kier alpha value is -1.06. The highest BCUT2D eigenvalue weighted by molar-refractivity contribution is 7.09. The van der Waals surface area contributed by atoms with E-state index in [1.807, 2.05) is 24.4 Å². The van der Waals surface area contributed by atoms with Gasteiger partial charge in [0.15, 0.2) is 0 Å². The van der Waals surface area contributed by atoms with Crippen LogP contribution >= 0.6 is 22.9 Å². The molecule has 0 amide bonds. The van der Waals surface area contributed by atoms with Gasteiger partial charge in [0.05, 0.1) is 17.8 Å². The Bertz CT molecular complexity index is 536. The van der Waals surface area contributed by atoms with Gasteiger partial charge in [0.1, 0.15) is 5.75 Å². The van der Waals surface area contributed by atoms with Gasteiger partial charge < -0.3 is 4.74 Å². The summed E-state index contributed by atoms with van der Waals surface area (Å²) >= 11 is 7.76. The molecule has 0 aliphatic carbocycles. The lowest BCUT2D eigenvalue weighted by Crippen LogP contribution is -1.92. The van der Waals surface area contributed by atoms with E-state index >= 15 is 0 Å². The third-order valence-corrected chi connectivity index (χ3v) is 3.79. The van der Waals surface area contributed by atoms with E-state index < -0.39 is 0 Å². The zero-order valence-electron chi connectivity index (χ0n) is 10.1. The van der Waals surface area contributed by atoms with Gasteiger partial charge in [-0.2, -0.15) is 0 Å². The van der Waals surface area contributed by atoms with Crippen LogP contribution in [0.15, 0.2) is 17.5 Å². The van der Waals surface area contributed by atoms with Gasteiger partial charge in [-0.3, -0.25) is 0 Å². The van der Waals surface area contributed by atoms with Gasteiger partial charge in [0.25, 0.3) is 0 Å². The molecule has 2 rings (SSSR count). The first-order chi connectivity index (χ1) is 8.15. The third kappa shape index (κ3) is 2.45. The molecule has 0 aliphatic rings. The van der Waals surface area contributed by atoms with Gasteiger partial charge in [-0.1, -0.05) is 18.5 Å². The van der Waals surface area contributed by atoms with E-state index in [0.717, 1.165) is 34.0 Å². The fraction of sp³-hybridized carbons (Fsp3) is 0.308. The molecule has 0 bridgehead atoms. The lowest BCUT2D eigenvalue weighted by molar-refractivity contribution is 0.413. The second-order valence-electron chi connectivity index (χ2n) is 3.78. The summed E-state index contributed by atoms with van der Waals surface area (Å²) in [6.07, 6.45) is 0.951. The number of nitrogens with zero attached hydrogens (tertiary/aromatic N) is 1. The van der Waals surface area contributed by atoms with E-state index in [0.29, 0.717) is 5.02 Å². The van der Waals surface area contributed by atoms with Crippen LogP contribution < -0.4 is 4.74 Å². The highest BCUT2D eigenvalue weighted by atomic mass is 35.5. The van der Waals surface area contributed by atoms with Gasteiger partial charge in [-0.25, -0.2) is 4.98 Å². The number of benzene rings is 1. The molecule has 0 aliphatic heterocycles. The summed E-state index contributed by atoms with van der Waals surface area (Å²) in [5.74, 6) is 0.849. The van der Waals surface area contributed by atoms with E-state index in [2.05, 4.69) is 11.9 Å². The minimum atomic E-state index is 0.712. The molecule has 0 saturated heterocycles. The molecule has 2 aromatic rings. The highest BCUT2D eigenvalue weighted by Gasteiger charge is 2.13. The van der Waals surface area contributed by atoms with Crippen LogP contribution in [0.3, 0.4) is 0 Å². The number of thiazole rings is 1. The maximum absolute atomic E-state index is 6.09. The standard InChI is InChI=1S/C13H14ClNOS/c1-4-12-15-11(7-17-12)10-6-9(14)5-8(2)13(10)16-3/h5-7H,4H2,1-3H3. The molecule has 0 spiro atoms. The molecule has 1 aromatic heterocycles. The Morgan fingerprint density at radius 2 is 2.18 bits per heavy atom. The second kappa shape index (κ2) is 5.07. The molecule has 0 fully saturated rings. The minimum absolute atomic E-state index is 0.712. The van der Waals surface area contributed by atoms with Crippen LogP contribution in [0, 0.1) is 6.92 Å². The summed E-state index contributed by atoms with van der Waals surface area (Å²) in [6, 6.07) is 3.80. The van der Waals surface area contributed by atoms with Gasteiger partial charge in [-0.15, -0.1) is 11.3 Å². The fourth-order valence-corrected chi connectivity index (χ4v) is 2.81. The first-order valence-electron chi connectivity index (χ1n) is 5.44. The molecule has 17 heavy (non-hydrogen) atoms. The van der Waals surface area contributed by atoms with Crippen molar-refractivity contribution in [1.29, 1.82) is 0 Å². The summed E-state index contributed by atoms with van der Waals surface area (Å²) < 4.78 is 5.43. The van der Waals surface area contributed by atoms with Crippen LogP contribution in [-0.4, -0.2) is 12.1 Å². The van der Waals surface area contributed by atoms with E-state index in [1.54, 1.807) is 18.4 Å². The van der Waals surface area contributed by atoms with Crippen molar-refractivity contribution in [1.82, 2.24) is 4.98 Å². The van der Waals surface area contributed by atoms with Gasteiger partial charge in [0, 0.05) is 16.0 Å². The van der Waals surface area contributed by atoms with E-state index in [9.17, 15) is 0 Å². The topological polar surface area (TPSA) is 22.1 Å². The molecule has 0 atom stereocenters. The molecule has 90 valence electrons. The van der Waals surface area contributed by atoms with Crippen molar-refractivity contribution in [3.8, 4) is 17.0 Å². The first-order valence-corrected chi connectivity index (χ1v) is 6.70. The fourth-order valence-electron chi connectivity index (χ4n) is 1.79. The normalized spacial score (nSPS) is 10.6. The largest absolute Gasteiger partial charge is 0.496 e. The maximum Gasteiger partial charge on any atom is 0.131 e. The lowest BCUT2D eigenvalue weighted by Gasteiger charge is -2.10. The zero-order valence-corrected chi connectivity index (χ0v) is 11.7. The Morgan fingerprint density at radius 3 is 2.76 bits per heavy atom. The Kier molecular flexibility index (Phi) is 3.69. The van der Waals surface area contributed by atoms with Gasteiger partial charge in [-0.05, 0) is 31.0 Å². The zero-order chi connectivity index (χ0) is 12.4. The van der Waals surface area contributed by atoms with Crippen molar-refractivity contribution in [2.24, 2.45) is 0 Å². The highest BCUT2D eigenvalue weighted by Crippen LogP contribution is 2.36. The molecular weight excluding hydrogens is 254 g/mol. The second-order valence-corrected chi connectivity index (χ2v) is 5.16. The number of rotatable bonds is 3. The number of methoxy groups -OCH3 is 1. The van der Waals surface area contributed by atoms with Crippen molar-refractivity contribution in [3.63, 3.8) is 0 Å². The Labute approximate surface area is 110 Å². The van der Waals surface area contributed by atoms with Gasteiger partial charge >= 0.3 is 0 Å². The van der Waals surface area contributed by atoms with E-state index in [4.69, 9.17) is 16.3 Å². The van der Waals surface area contributed by atoms with Crippen LogP contribution in [0.2, 0.25) is 5.02 Å². The predicted molar refractivity (Wildman–Crippen MR) is 73.2 cm³/mol. The van der Waals surface area contributed by atoms with Crippen molar-refractivity contribution in [3.05, 3.63) is 33.1 Å². The number of halogens is 1. The summed E-state index contributed by atoms with van der Waals surface area (Å²) in [6.45, 7) is 4.09. The molecule has 0 unspecified atom stereocenters. The molecule has 0 N–H and O–H groups in total. The quantitative estimate of drug-likeness (QED) is 0.825. The molecule has 1 heterocycles. The van der Waals surface area contributed by atoms with Crippen LogP contribution in [0.25, 0.3) is 11.3 Å². The summed E-state index contributed by atoms with van der Waals surface area (Å²) in [7, 11) is 1.67. The van der Waals surface area contributed by atoms with Gasteiger partial charge in [0.2, 0.25) is 0 Å². The average Bonchev–Trinajstić information content (AvgIpc) is 2.76. The third-order valence-electron chi connectivity index (χ3n) is 2.57. The van der Waals surface area contributed by atoms with Crippen LogP contribution in [-0.2, 0) is 6.42 Å². The van der Waals surface area contributed by atoms with E-state index in [1.165, 1.54) is 0 Å². The number of ether oxygens (including phenoxy) is 1. The Morgan fingerprint density at radius 1 is 1.41 bits per heavy atom. The Balaban J connectivity index is 2.57. The first kappa shape index (κ1) is 12.4. The van der Waals surface area contributed by atoms with E-state index in [-0.39, 0.29) is 0 Å². The van der Waals surface area contributed by atoms with Crippen molar-refractivity contribution in [2.75, 3.05) is 7.11 Å². The predicted octanol–water partition coefficient (Wildman–Crippen LogP) is 4.34. The van der Waals surface area contributed by atoms with Crippen LogP contribution in [0.4, 0.5) is 0 Å². The molecule has 4 heteroatoms. The maximum atomic E-state index is 6.09. The molecule has 2 nitrogen and oxygen atoms in total. The SMILES string of the molecule is CCc1nc(-c2cc(Cl)cc(C)c2OC)cs1. The van der Waals surface area contributed by atoms with Crippen molar-refractivity contribution in [2.45, 2.75) is 20.3 Å². The number of aryl methyl sites for hydroxylation is 2. The summed E-state index contributed by atoms with van der Waals surface area (Å²) in [5.41, 5.74) is 2.93. The van der Waals surface area contributed by atoms with Crippen LogP contribution in [0.5, 0.6) is 5.75 Å².